The highest BCUT2D eigenvalue weighted by Crippen LogP contribution is 2.09. The average molecular weight is 143 g/mol. The summed E-state index contributed by atoms with van der Waals surface area (Å²) in [4.78, 5) is 10.6. The summed E-state index contributed by atoms with van der Waals surface area (Å²) in [5.41, 5.74) is 0. The topological polar surface area (TPSA) is 38.3 Å². The Bertz CT molecular complexity index is 134. The Morgan fingerprint density at radius 2 is 2.40 bits per heavy atom. The Balaban J connectivity index is 2.24. The fourth-order valence-electron chi connectivity index (χ4n) is 1.02. The quantitative estimate of drug-likeness (QED) is 0.616. The van der Waals surface area contributed by atoms with Gasteiger partial charge in [-0.05, 0) is 13.8 Å². The molecule has 1 heterocycles. The van der Waals surface area contributed by atoms with Crippen LogP contribution in [0.1, 0.15) is 26.7 Å². The van der Waals surface area contributed by atoms with Gasteiger partial charge in [-0.1, -0.05) is 0 Å². The third-order valence-corrected chi connectivity index (χ3v) is 1.39. The monoisotopic (exact) mass is 143 g/mol. The number of amides is 1. The summed E-state index contributed by atoms with van der Waals surface area (Å²) in [6.45, 7) is 3.93. The Morgan fingerprint density at radius 3 is 2.80 bits per heavy atom. The molecular weight excluding hydrogens is 130 g/mol. The van der Waals surface area contributed by atoms with Crippen LogP contribution in [-0.4, -0.2) is 18.2 Å². The summed E-state index contributed by atoms with van der Waals surface area (Å²) in [6, 6.07) is 0. The van der Waals surface area contributed by atoms with E-state index in [1.165, 1.54) is 0 Å². The summed E-state index contributed by atoms with van der Waals surface area (Å²) in [5, 5.41) is 2.72. The van der Waals surface area contributed by atoms with E-state index < -0.39 is 0 Å². The third-order valence-electron chi connectivity index (χ3n) is 1.39. The minimum Gasteiger partial charge on any atom is -0.356 e. The molecule has 1 N–H and O–H groups in total. The first-order valence-corrected chi connectivity index (χ1v) is 3.63. The van der Waals surface area contributed by atoms with Crippen LogP contribution in [0.2, 0.25) is 0 Å². The van der Waals surface area contributed by atoms with Crippen LogP contribution in [0.25, 0.3) is 0 Å². The van der Waals surface area contributed by atoms with Crippen molar-refractivity contribution in [2.75, 3.05) is 0 Å². The maximum Gasteiger partial charge on any atom is 0.222 e. The fourth-order valence-corrected chi connectivity index (χ4v) is 1.02. The van der Waals surface area contributed by atoms with Crippen molar-refractivity contribution in [3.8, 4) is 0 Å². The summed E-state index contributed by atoms with van der Waals surface area (Å²) >= 11 is 0. The van der Waals surface area contributed by atoms with Crippen molar-refractivity contribution in [2.45, 2.75) is 39.0 Å². The normalized spacial score (nSPS) is 25.5. The summed E-state index contributed by atoms with van der Waals surface area (Å²) in [5.74, 6) is 0.102. The van der Waals surface area contributed by atoms with Crippen molar-refractivity contribution >= 4 is 5.91 Å². The van der Waals surface area contributed by atoms with E-state index >= 15 is 0 Å². The van der Waals surface area contributed by atoms with E-state index in [1.807, 2.05) is 13.8 Å². The summed E-state index contributed by atoms with van der Waals surface area (Å²) in [7, 11) is 0. The van der Waals surface area contributed by atoms with Crippen LogP contribution in [0.4, 0.5) is 0 Å². The van der Waals surface area contributed by atoms with Gasteiger partial charge in [-0.3, -0.25) is 4.79 Å². The van der Waals surface area contributed by atoms with Crippen LogP contribution >= 0.6 is 0 Å². The maximum absolute atomic E-state index is 10.6. The molecule has 0 spiro atoms. The van der Waals surface area contributed by atoms with E-state index in [0.29, 0.717) is 6.42 Å². The Hall–Kier alpha value is -0.570. The molecule has 3 heteroatoms. The number of ether oxygens (including phenoxy) is 1. The van der Waals surface area contributed by atoms with Gasteiger partial charge in [0.25, 0.3) is 0 Å². The molecule has 0 bridgehead atoms. The molecule has 58 valence electrons. The van der Waals surface area contributed by atoms with Crippen molar-refractivity contribution in [1.29, 1.82) is 0 Å². The zero-order chi connectivity index (χ0) is 7.56. The summed E-state index contributed by atoms with van der Waals surface area (Å²) in [6.07, 6.45) is 1.59. The van der Waals surface area contributed by atoms with Crippen LogP contribution < -0.4 is 5.32 Å². The molecule has 1 aliphatic rings. The number of carbonyl (C=O) groups is 1. The molecule has 0 aromatic carbocycles. The SMILES string of the molecule is CC(C)OC1CCC(=O)N1. The molecule has 0 saturated carbocycles. The molecule has 1 atom stereocenters. The largest absolute Gasteiger partial charge is 0.356 e. The zero-order valence-electron chi connectivity index (χ0n) is 6.39. The molecule has 0 aromatic rings. The minimum absolute atomic E-state index is 0.0347. The number of hydrogen-bond donors (Lipinski definition) is 1. The van der Waals surface area contributed by atoms with E-state index in [-0.39, 0.29) is 18.2 Å². The molecule has 1 amide bonds. The van der Waals surface area contributed by atoms with E-state index in [9.17, 15) is 4.79 Å². The van der Waals surface area contributed by atoms with Crippen LogP contribution in [0.3, 0.4) is 0 Å². The zero-order valence-corrected chi connectivity index (χ0v) is 6.39. The minimum atomic E-state index is -0.0347. The number of carbonyl (C=O) groups excluding carboxylic acids is 1. The molecule has 0 radical (unpaired) electrons. The van der Waals surface area contributed by atoms with Crippen molar-refractivity contribution in [3.05, 3.63) is 0 Å². The molecule has 1 rings (SSSR count). The van der Waals surface area contributed by atoms with Crippen molar-refractivity contribution in [3.63, 3.8) is 0 Å². The van der Waals surface area contributed by atoms with Crippen LogP contribution in [0.5, 0.6) is 0 Å². The van der Waals surface area contributed by atoms with Gasteiger partial charge in [0.2, 0.25) is 5.91 Å². The lowest BCUT2D eigenvalue weighted by atomic mass is 10.3. The van der Waals surface area contributed by atoms with Crippen molar-refractivity contribution in [1.82, 2.24) is 5.32 Å². The predicted octanol–water partition coefficient (Wildman–Crippen LogP) is 0.647. The molecule has 1 saturated heterocycles. The van der Waals surface area contributed by atoms with Crippen LogP contribution in [0.15, 0.2) is 0 Å². The lowest BCUT2D eigenvalue weighted by Crippen LogP contribution is -2.30. The van der Waals surface area contributed by atoms with Gasteiger partial charge in [0.1, 0.15) is 6.23 Å². The second-order valence-electron chi connectivity index (χ2n) is 2.78. The Kier molecular flexibility index (Phi) is 2.27. The molecule has 3 nitrogen and oxygen atoms in total. The van der Waals surface area contributed by atoms with Gasteiger partial charge < -0.3 is 10.1 Å². The van der Waals surface area contributed by atoms with E-state index in [4.69, 9.17) is 4.74 Å². The fraction of sp³-hybridized carbons (Fsp3) is 0.857. The smallest absolute Gasteiger partial charge is 0.222 e. The predicted molar refractivity (Wildman–Crippen MR) is 37.4 cm³/mol. The van der Waals surface area contributed by atoms with Gasteiger partial charge in [0.15, 0.2) is 0 Å². The van der Waals surface area contributed by atoms with Gasteiger partial charge in [-0.15, -0.1) is 0 Å². The first-order valence-electron chi connectivity index (χ1n) is 3.63. The van der Waals surface area contributed by atoms with Crippen molar-refractivity contribution in [2.24, 2.45) is 0 Å². The van der Waals surface area contributed by atoms with Gasteiger partial charge in [0, 0.05) is 12.8 Å². The summed E-state index contributed by atoms with van der Waals surface area (Å²) < 4.78 is 5.35. The van der Waals surface area contributed by atoms with Crippen LogP contribution in [0, 0.1) is 0 Å². The second-order valence-corrected chi connectivity index (χ2v) is 2.78. The van der Waals surface area contributed by atoms with Gasteiger partial charge in [-0.25, -0.2) is 0 Å². The lowest BCUT2D eigenvalue weighted by Gasteiger charge is -2.13. The standard InChI is InChI=1S/C7H13NO2/c1-5(2)10-7-4-3-6(9)8-7/h5,7H,3-4H2,1-2H3,(H,8,9). The highest BCUT2D eigenvalue weighted by Gasteiger charge is 2.21. The van der Waals surface area contributed by atoms with Crippen molar-refractivity contribution < 1.29 is 9.53 Å². The molecule has 1 fully saturated rings. The first kappa shape index (κ1) is 7.54. The number of rotatable bonds is 2. The third kappa shape index (κ3) is 1.99. The van der Waals surface area contributed by atoms with Gasteiger partial charge in [-0.2, -0.15) is 0 Å². The second kappa shape index (κ2) is 3.01. The van der Waals surface area contributed by atoms with Gasteiger partial charge in [0.05, 0.1) is 6.10 Å². The van der Waals surface area contributed by atoms with Gasteiger partial charge >= 0.3 is 0 Å². The molecule has 0 aliphatic carbocycles. The lowest BCUT2D eigenvalue weighted by molar-refractivity contribution is -0.121. The average Bonchev–Trinajstić information content (AvgIpc) is 2.13. The van der Waals surface area contributed by atoms with E-state index in [2.05, 4.69) is 5.32 Å². The molecule has 1 aliphatic heterocycles. The van der Waals surface area contributed by atoms with E-state index in [0.717, 1.165) is 6.42 Å². The molecular formula is C7H13NO2. The number of hydrogen-bond acceptors (Lipinski definition) is 2. The Labute approximate surface area is 60.7 Å². The maximum atomic E-state index is 10.6. The molecule has 10 heavy (non-hydrogen) atoms. The van der Waals surface area contributed by atoms with Crippen LogP contribution in [-0.2, 0) is 9.53 Å². The Morgan fingerprint density at radius 1 is 1.70 bits per heavy atom. The molecule has 1 unspecified atom stereocenters. The number of nitrogens with one attached hydrogen (secondary N) is 1. The highest BCUT2D eigenvalue weighted by molar-refractivity contribution is 5.78. The molecule has 0 aromatic heterocycles. The van der Waals surface area contributed by atoms with E-state index in [1.54, 1.807) is 0 Å². The first-order chi connectivity index (χ1) is 4.68. The highest BCUT2D eigenvalue weighted by atomic mass is 16.5.